The number of aliphatic imine (C=N–C) groups is 2. The Morgan fingerprint density at radius 2 is 1.25 bits per heavy atom. The van der Waals surface area contributed by atoms with Crippen LogP contribution in [0.25, 0.3) is 20.4 Å². The molecule has 0 unspecified atom stereocenters. The molecule has 1 fully saturated rings. The van der Waals surface area contributed by atoms with Crippen molar-refractivity contribution in [2.75, 3.05) is 37.9 Å². The second-order valence-electron chi connectivity index (χ2n) is 15.8. The topological polar surface area (TPSA) is 176 Å². The van der Waals surface area contributed by atoms with Gasteiger partial charge >= 0.3 is 5.97 Å². The van der Waals surface area contributed by atoms with Crippen LogP contribution >= 0.6 is 22.7 Å². The number of alkyl halides is 2. The molecule has 0 saturated carbocycles. The zero-order valence-corrected chi connectivity index (χ0v) is 34.8. The minimum Gasteiger partial charge on any atom is -0.495 e. The minimum atomic E-state index is -2.74. The van der Waals surface area contributed by atoms with Crippen LogP contribution in [0.15, 0.2) is 46.9 Å². The van der Waals surface area contributed by atoms with Gasteiger partial charge in [0, 0.05) is 28.1 Å². The smallest absolute Gasteiger partial charge is 0.306 e. The van der Waals surface area contributed by atoms with E-state index in [1.807, 2.05) is 36.7 Å². The van der Waals surface area contributed by atoms with Gasteiger partial charge in [-0.25, -0.2) is 28.7 Å². The molecule has 1 saturated heterocycles. The number of carbonyl (C=O) groups is 2. The number of carbonyl (C=O) groups excluding carboxylic acids is 1. The van der Waals surface area contributed by atoms with Gasteiger partial charge in [-0.15, -0.1) is 22.7 Å². The Morgan fingerprint density at radius 1 is 0.754 bits per heavy atom. The number of aromatic nitrogens is 4. The molecule has 18 heteroatoms. The number of likely N-dealkylation sites (tertiary alicyclic amines) is 1. The molecule has 11 rings (SSSR count). The van der Waals surface area contributed by atoms with Crippen LogP contribution in [0, 0.1) is 11.8 Å². The molecule has 2 aromatic carbocycles. The summed E-state index contributed by atoms with van der Waals surface area (Å²) >= 11 is 3.12. The third-order valence-corrected chi connectivity index (χ3v) is 14.3. The summed E-state index contributed by atoms with van der Waals surface area (Å²) in [5.74, 6) is -1.34. The van der Waals surface area contributed by atoms with Gasteiger partial charge in [0.1, 0.15) is 45.5 Å². The van der Waals surface area contributed by atoms with Crippen LogP contribution in [-0.4, -0.2) is 87.5 Å². The standard InChI is InChI=1S/C23H21F2N5O2S.C20H18N4O3S/c1-32-17-5-14-8-26-7-13(14)4-16(17)29-20-19-15-3-2-12(22(31)30-9-23(24,25)10-30)6-18(15)33-21(19)28-11-27-20;1-27-15-5-12-8-21-7-11(12)4-14(15)24-18-17-13-3-2-10(20(25)26)6-16(13)28-19(17)23-9-22-18/h4-5,7,11-12H,2-3,6,8-10H2,1H3,(H,27,28,29);4-5,7,9-10H,2-3,6,8H2,1H3,(H,25,26)(H,22,23,24)/t12-;10-/m00/s1. The van der Waals surface area contributed by atoms with Crippen LogP contribution in [0.3, 0.4) is 0 Å². The van der Waals surface area contributed by atoms with Crippen LogP contribution in [0.1, 0.15) is 56.0 Å². The van der Waals surface area contributed by atoms with E-state index in [2.05, 4.69) is 40.6 Å². The molecular formula is C43H39F2N9O5S2. The van der Waals surface area contributed by atoms with E-state index in [1.165, 1.54) is 16.8 Å². The first-order chi connectivity index (χ1) is 29.6. The van der Waals surface area contributed by atoms with Crippen molar-refractivity contribution in [3.63, 3.8) is 0 Å². The van der Waals surface area contributed by atoms with Crippen LogP contribution in [0.2, 0.25) is 0 Å². The molecule has 5 aliphatic rings. The van der Waals surface area contributed by atoms with E-state index in [0.717, 1.165) is 87.4 Å². The molecule has 312 valence electrons. The third-order valence-electron chi connectivity index (χ3n) is 12.0. The van der Waals surface area contributed by atoms with Gasteiger partial charge < -0.3 is 30.1 Å². The highest BCUT2D eigenvalue weighted by Gasteiger charge is 2.48. The first-order valence-electron chi connectivity index (χ1n) is 19.9. The molecule has 7 heterocycles. The van der Waals surface area contributed by atoms with Crippen LogP contribution in [0.4, 0.5) is 31.8 Å². The summed E-state index contributed by atoms with van der Waals surface area (Å²) in [6.45, 7) is 0.395. The maximum absolute atomic E-state index is 13.2. The van der Waals surface area contributed by atoms with Crippen LogP contribution in [-0.2, 0) is 48.4 Å². The zero-order valence-electron chi connectivity index (χ0n) is 33.1. The van der Waals surface area contributed by atoms with Gasteiger partial charge in [-0.1, -0.05) is 0 Å². The molecule has 3 N–H and O–H groups in total. The fraction of sp³-hybridized carbons (Fsp3) is 0.349. The lowest BCUT2D eigenvalue weighted by atomic mass is 9.86. The van der Waals surface area contributed by atoms with Crippen molar-refractivity contribution in [3.8, 4) is 11.5 Å². The molecular weight excluding hydrogens is 825 g/mol. The van der Waals surface area contributed by atoms with Gasteiger partial charge in [0.25, 0.3) is 5.92 Å². The lowest BCUT2D eigenvalue weighted by Gasteiger charge is -2.41. The zero-order chi connectivity index (χ0) is 42.0. The number of nitrogens with one attached hydrogen (secondary N) is 2. The molecule has 3 aliphatic heterocycles. The highest BCUT2D eigenvalue weighted by Crippen LogP contribution is 2.44. The number of amides is 1. The van der Waals surface area contributed by atoms with E-state index >= 15 is 0 Å². The van der Waals surface area contributed by atoms with Gasteiger partial charge in [-0.3, -0.25) is 19.6 Å². The number of fused-ring (bicyclic) bond motifs is 8. The minimum absolute atomic E-state index is 0.169. The molecule has 2 aliphatic carbocycles. The number of rotatable bonds is 8. The van der Waals surface area contributed by atoms with Gasteiger partial charge in [-0.2, -0.15) is 0 Å². The number of carboxylic acid groups (broad SMARTS) is 1. The quantitative estimate of drug-likeness (QED) is 0.138. The Hall–Kier alpha value is -6.14. The summed E-state index contributed by atoms with van der Waals surface area (Å²) in [6, 6.07) is 8.03. The summed E-state index contributed by atoms with van der Waals surface area (Å²) in [5, 5.41) is 18.1. The monoisotopic (exact) mass is 863 g/mol. The van der Waals surface area contributed by atoms with Gasteiger partial charge in [-0.05, 0) is 96.2 Å². The number of benzene rings is 2. The number of carboxylic acids is 1. The SMILES string of the molecule is COc1cc2c(cc1Nc1ncnc3sc4c(c13)CC[C@H](C(=O)N1CC(F)(F)C1)C4)C=NC2.COc1cc2c(cc1Nc1ncnc3sc4c(c13)CC[C@H](C(=O)O)C4)C=NC2. The molecule has 0 spiro atoms. The molecule has 6 aromatic rings. The molecule has 0 radical (unpaired) electrons. The van der Waals surface area contributed by atoms with E-state index in [1.54, 1.807) is 43.2 Å². The maximum atomic E-state index is 13.2. The van der Waals surface area contributed by atoms with Crippen LogP contribution in [0.5, 0.6) is 11.5 Å². The van der Waals surface area contributed by atoms with Crippen molar-refractivity contribution >= 4 is 90.4 Å². The summed E-state index contributed by atoms with van der Waals surface area (Å²) in [5.41, 5.74) is 8.32. The fourth-order valence-corrected chi connectivity index (χ4v) is 11.4. The molecule has 1 amide bonds. The average molecular weight is 864 g/mol. The highest BCUT2D eigenvalue weighted by atomic mass is 32.1. The lowest BCUT2D eigenvalue weighted by Crippen LogP contribution is -2.60. The lowest BCUT2D eigenvalue weighted by molar-refractivity contribution is -0.169. The normalized spacial score (nSPS) is 19.0. The highest BCUT2D eigenvalue weighted by molar-refractivity contribution is 7.19. The molecule has 61 heavy (non-hydrogen) atoms. The number of aryl methyl sites for hydroxylation is 2. The van der Waals surface area contributed by atoms with Crippen LogP contribution < -0.4 is 20.1 Å². The number of methoxy groups -OCH3 is 2. The van der Waals surface area contributed by atoms with Gasteiger partial charge in [0.05, 0.1) is 68.5 Å². The Morgan fingerprint density at radius 3 is 1.72 bits per heavy atom. The molecule has 4 aromatic heterocycles. The Balaban J connectivity index is 0.000000148. The van der Waals surface area contributed by atoms with Crippen molar-refractivity contribution in [2.45, 2.75) is 57.5 Å². The van der Waals surface area contributed by atoms with Crippen molar-refractivity contribution in [2.24, 2.45) is 21.8 Å². The maximum Gasteiger partial charge on any atom is 0.306 e. The number of thiophene rings is 2. The van der Waals surface area contributed by atoms with Gasteiger partial charge in [0.15, 0.2) is 0 Å². The first kappa shape index (κ1) is 39.0. The van der Waals surface area contributed by atoms with E-state index in [9.17, 15) is 23.5 Å². The number of aliphatic carboxylic acids is 1. The van der Waals surface area contributed by atoms with Crippen molar-refractivity contribution in [3.05, 3.63) is 80.1 Å². The number of hydrogen-bond acceptors (Lipinski definition) is 14. The molecule has 14 nitrogen and oxygen atoms in total. The van der Waals surface area contributed by atoms with E-state index < -0.39 is 25.0 Å². The largest absolute Gasteiger partial charge is 0.495 e. The predicted octanol–water partition coefficient (Wildman–Crippen LogP) is 7.52. The first-order valence-corrected chi connectivity index (χ1v) is 21.5. The predicted molar refractivity (Wildman–Crippen MR) is 230 cm³/mol. The van der Waals surface area contributed by atoms with Crippen molar-refractivity contribution < 1.29 is 33.0 Å². The average Bonchev–Trinajstić information content (AvgIpc) is 4.06. The number of ether oxygens (including phenoxy) is 2. The third kappa shape index (κ3) is 7.20. The van der Waals surface area contributed by atoms with E-state index in [-0.39, 0.29) is 17.7 Å². The summed E-state index contributed by atoms with van der Waals surface area (Å²) < 4.78 is 37.6. The van der Waals surface area contributed by atoms with E-state index in [4.69, 9.17) is 9.47 Å². The van der Waals surface area contributed by atoms with E-state index in [0.29, 0.717) is 56.8 Å². The fourth-order valence-electron chi connectivity index (χ4n) is 8.82. The molecule has 2 atom stereocenters. The van der Waals surface area contributed by atoms with Gasteiger partial charge in [0.2, 0.25) is 5.91 Å². The Bertz CT molecular complexity index is 2830. The second-order valence-corrected chi connectivity index (χ2v) is 17.9. The number of anilines is 4. The number of nitrogens with zero attached hydrogens (tertiary/aromatic N) is 7. The molecule has 0 bridgehead atoms. The number of hydrogen-bond donors (Lipinski definition) is 3. The summed E-state index contributed by atoms with van der Waals surface area (Å²) in [7, 11) is 3.28. The summed E-state index contributed by atoms with van der Waals surface area (Å²) in [4.78, 5) is 55.8. The second kappa shape index (κ2) is 15.4. The summed E-state index contributed by atoms with van der Waals surface area (Å²) in [6.07, 6.45) is 10.6. The van der Waals surface area contributed by atoms with Crippen molar-refractivity contribution in [1.82, 2.24) is 24.8 Å². The number of halogens is 2. The van der Waals surface area contributed by atoms with Crippen molar-refractivity contribution in [1.29, 1.82) is 0 Å². The Labute approximate surface area is 355 Å². The Kier molecular flexibility index (Phi) is 9.85.